The van der Waals surface area contributed by atoms with E-state index in [4.69, 9.17) is 9.47 Å². The molecule has 0 spiro atoms. The highest BCUT2D eigenvalue weighted by Gasteiger charge is 2.31. The number of carbonyl (C=O) groups is 3. The standard InChI is InChI=1S/C22H32N2O5/c1-16(17-9-7-6-8-10-17)23(5)19(25)15-28-20(26)18-11-13-24(14-12-18)21(27)29-22(2,3)4/h6-10,16,18H,11-15H2,1-5H3. The predicted octanol–water partition coefficient (Wildman–Crippen LogP) is 3.40. The molecule has 1 aromatic rings. The quantitative estimate of drug-likeness (QED) is 0.703. The van der Waals surface area contributed by atoms with E-state index >= 15 is 0 Å². The lowest BCUT2D eigenvalue weighted by Crippen LogP contribution is -2.43. The molecule has 1 aliphatic heterocycles. The highest BCUT2D eigenvalue weighted by molar-refractivity contribution is 5.81. The first kappa shape index (κ1) is 22.7. The summed E-state index contributed by atoms with van der Waals surface area (Å²) in [6.45, 7) is 7.99. The van der Waals surface area contributed by atoms with E-state index in [1.165, 1.54) is 0 Å². The van der Waals surface area contributed by atoms with E-state index in [0.717, 1.165) is 5.56 Å². The molecule has 160 valence electrons. The Morgan fingerprint density at radius 2 is 1.72 bits per heavy atom. The molecule has 1 heterocycles. The number of amides is 2. The van der Waals surface area contributed by atoms with Gasteiger partial charge in [0.05, 0.1) is 12.0 Å². The number of carbonyl (C=O) groups excluding carboxylic acids is 3. The van der Waals surface area contributed by atoms with Gasteiger partial charge in [-0.1, -0.05) is 30.3 Å². The maximum atomic E-state index is 12.4. The van der Waals surface area contributed by atoms with Crippen LogP contribution < -0.4 is 0 Å². The minimum atomic E-state index is -0.545. The van der Waals surface area contributed by atoms with Crippen LogP contribution >= 0.6 is 0 Å². The number of hydrogen-bond acceptors (Lipinski definition) is 5. The van der Waals surface area contributed by atoms with E-state index in [1.807, 2.05) is 58.0 Å². The molecule has 0 saturated carbocycles. The molecular weight excluding hydrogens is 372 g/mol. The van der Waals surface area contributed by atoms with E-state index in [2.05, 4.69) is 0 Å². The highest BCUT2D eigenvalue weighted by Crippen LogP contribution is 2.22. The number of piperidine rings is 1. The molecule has 1 saturated heterocycles. The first-order valence-electron chi connectivity index (χ1n) is 10.0. The van der Waals surface area contributed by atoms with E-state index < -0.39 is 5.60 Å². The summed E-state index contributed by atoms with van der Waals surface area (Å²) in [6, 6.07) is 9.58. The van der Waals surface area contributed by atoms with E-state index in [-0.39, 0.29) is 36.5 Å². The lowest BCUT2D eigenvalue weighted by Gasteiger charge is -2.32. The summed E-state index contributed by atoms with van der Waals surface area (Å²) in [6.07, 6.45) is 0.640. The van der Waals surface area contributed by atoms with Gasteiger partial charge in [-0.05, 0) is 46.1 Å². The molecule has 0 radical (unpaired) electrons. The monoisotopic (exact) mass is 404 g/mol. The maximum absolute atomic E-state index is 12.4. The number of ether oxygens (including phenoxy) is 2. The second kappa shape index (κ2) is 9.76. The van der Waals surface area contributed by atoms with Crippen molar-refractivity contribution in [3.63, 3.8) is 0 Å². The van der Waals surface area contributed by atoms with Crippen molar-refractivity contribution in [1.29, 1.82) is 0 Å². The third-order valence-corrected chi connectivity index (χ3v) is 5.07. The summed E-state index contributed by atoms with van der Waals surface area (Å²) in [5.74, 6) is -0.942. The lowest BCUT2D eigenvalue weighted by molar-refractivity contribution is -0.157. The van der Waals surface area contributed by atoms with Crippen molar-refractivity contribution < 1.29 is 23.9 Å². The Morgan fingerprint density at radius 3 is 2.28 bits per heavy atom. The van der Waals surface area contributed by atoms with Crippen molar-refractivity contribution in [3.05, 3.63) is 35.9 Å². The second-order valence-corrected chi connectivity index (χ2v) is 8.44. The number of nitrogens with zero attached hydrogens (tertiary/aromatic N) is 2. The van der Waals surface area contributed by atoms with Crippen molar-refractivity contribution in [2.75, 3.05) is 26.7 Å². The first-order chi connectivity index (χ1) is 13.6. The highest BCUT2D eigenvalue weighted by atomic mass is 16.6. The largest absolute Gasteiger partial charge is 0.455 e. The molecule has 1 aliphatic rings. The Balaban J connectivity index is 1.77. The minimum Gasteiger partial charge on any atom is -0.455 e. The normalized spacial score (nSPS) is 16.1. The summed E-state index contributed by atoms with van der Waals surface area (Å²) in [4.78, 5) is 40.0. The molecule has 7 nitrogen and oxygen atoms in total. The summed E-state index contributed by atoms with van der Waals surface area (Å²) in [5, 5.41) is 0. The molecule has 2 rings (SSSR count). The fraction of sp³-hybridized carbons (Fsp3) is 0.591. The number of rotatable bonds is 5. The summed E-state index contributed by atoms with van der Waals surface area (Å²) < 4.78 is 10.6. The van der Waals surface area contributed by atoms with Crippen LogP contribution in [0.5, 0.6) is 0 Å². The first-order valence-corrected chi connectivity index (χ1v) is 10.0. The molecule has 0 N–H and O–H groups in total. The molecule has 2 amide bonds. The van der Waals surface area contributed by atoms with Crippen LogP contribution in [0.15, 0.2) is 30.3 Å². The van der Waals surface area contributed by atoms with Crippen LogP contribution in [0.1, 0.15) is 52.1 Å². The van der Waals surface area contributed by atoms with Crippen LogP contribution in [0.4, 0.5) is 4.79 Å². The SMILES string of the molecule is CC(c1ccccc1)N(C)C(=O)COC(=O)C1CCN(C(=O)OC(C)(C)C)CC1. The zero-order valence-electron chi connectivity index (χ0n) is 18.0. The van der Waals surface area contributed by atoms with Crippen molar-refractivity contribution in [1.82, 2.24) is 9.80 Å². The number of hydrogen-bond donors (Lipinski definition) is 0. The minimum absolute atomic E-state index is 0.112. The van der Waals surface area contributed by atoms with E-state index in [9.17, 15) is 14.4 Å². The van der Waals surface area contributed by atoms with Crippen LogP contribution in [0, 0.1) is 5.92 Å². The predicted molar refractivity (Wildman–Crippen MR) is 109 cm³/mol. The van der Waals surface area contributed by atoms with E-state index in [0.29, 0.717) is 25.9 Å². The summed E-state index contributed by atoms with van der Waals surface area (Å²) in [5.41, 5.74) is 0.472. The van der Waals surface area contributed by atoms with Gasteiger partial charge < -0.3 is 19.3 Å². The van der Waals surface area contributed by atoms with E-state index in [1.54, 1.807) is 16.8 Å². The third-order valence-electron chi connectivity index (χ3n) is 5.07. The van der Waals surface area contributed by atoms with Crippen LogP contribution in [0.2, 0.25) is 0 Å². The Kier molecular flexibility index (Phi) is 7.65. The fourth-order valence-electron chi connectivity index (χ4n) is 3.15. The van der Waals surface area contributed by atoms with Crippen LogP contribution in [-0.4, -0.2) is 60.1 Å². The van der Waals surface area contributed by atoms with Gasteiger partial charge in [0, 0.05) is 20.1 Å². The average Bonchev–Trinajstić information content (AvgIpc) is 2.70. The van der Waals surface area contributed by atoms with Gasteiger partial charge in [0.15, 0.2) is 6.61 Å². The zero-order valence-corrected chi connectivity index (χ0v) is 18.0. The van der Waals surface area contributed by atoms with Gasteiger partial charge in [-0.25, -0.2) is 4.79 Å². The average molecular weight is 405 g/mol. The van der Waals surface area contributed by atoms with Gasteiger partial charge in [0.25, 0.3) is 5.91 Å². The van der Waals surface area contributed by atoms with Gasteiger partial charge in [-0.15, -0.1) is 0 Å². The number of likely N-dealkylation sites (tertiary alicyclic amines) is 1. The topological polar surface area (TPSA) is 76.2 Å². The van der Waals surface area contributed by atoms with Crippen LogP contribution in [-0.2, 0) is 19.1 Å². The number of esters is 1. The molecule has 1 fully saturated rings. The number of benzene rings is 1. The smallest absolute Gasteiger partial charge is 0.410 e. The van der Waals surface area contributed by atoms with Gasteiger partial charge in [-0.2, -0.15) is 0 Å². The molecule has 0 aliphatic carbocycles. The van der Waals surface area contributed by atoms with Gasteiger partial charge in [-0.3, -0.25) is 9.59 Å². The maximum Gasteiger partial charge on any atom is 0.410 e. The van der Waals surface area contributed by atoms with Crippen LogP contribution in [0.25, 0.3) is 0 Å². The molecule has 7 heteroatoms. The van der Waals surface area contributed by atoms with Gasteiger partial charge in [0.2, 0.25) is 0 Å². The Bertz CT molecular complexity index is 706. The van der Waals surface area contributed by atoms with Crippen molar-refractivity contribution in [2.24, 2.45) is 5.92 Å². The molecular formula is C22H32N2O5. The Morgan fingerprint density at radius 1 is 1.14 bits per heavy atom. The van der Waals surface area contributed by atoms with Gasteiger partial charge in [0.1, 0.15) is 5.60 Å². The summed E-state index contributed by atoms with van der Waals surface area (Å²) in [7, 11) is 1.70. The molecule has 1 unspecified atom stereocenters. The van der Waals surface area contributed by atoms with Crippen molar-refractivity contribution >= 4 is 18.0 Å². The Labute approximate surface area is 172 Å². The number of likely N-dealkylation sites (N-methyl/N-ethyl adjacent to an activating group) is 1. The zero-order chi connectivity index (χ0) is 21.6. The third kappa shape index (κ3) is 6.76. The Hall–Kier alpha value is -2.57. The summed E-state index contributed by atoms with van der Waals surface area (Å²) >= 11 is 0. The lowest BCUT2D eigenvalue weighted by atomic mass is 9.97. The molecule has 29 heavy (non-hydrogen) atoms. The van der Waals surface area contributed by atoms with Crippen molar-refractivity contribution in [2.45, 2.75) is 52.2 Å². The second-order valence-electron chi connectivity index (χ2n) is 8.44. The van der Waals surface area contributed by atoms with Crippen LogP contribution in [0.3, 0.4) is 0 Å². The molecule has 0 aromatic heterocycles. The molecule has 0 bridgehead atoms. The van der Waals surface area contributed by atoms with Gasteiger partial charge >= 0.3 is 12.1 Å². The fourth-order valence-corrected chi connectivity index (χ4v) is 3.15. The van der Waals surface area contributed by atoms with Crippen molar-refractivity contribution in [3.8, 4) is 0 Å². The molecule has 1 aromatic carbocycles. The molecule has 1 atom stereocenters.